The topological polar surface area (TPSA) is 78.0 Å². The van der Waals surface area contributed by atoms with Crippen molar-refractivity contribution < 1.29 is 14.3 Å². The second-order valence-electron chi connectivity index (χ2n) is 8.51. The molecule has 8 heteroatoms. The smallest absolute Gasteiger partial charge is 0.225 e. The van der Waals surface area contributed by atoms with Gasteiger partial charge in [-0.2, -0.15) is 0 Å². The van der Waals surface area contributed by atoms with Crippen LogP contribution < -0.4 is 10.2 Å². The molecule has 2 amide bonds. The Balaban J connectivity index is 1.49. The van der Waals surface area contributed by atoms with Crippen LogP contribution in [0.1, 0.15) is 32.6 Å². The summed E-state index contributed by atoms with van der Waals surface area (Å²) >= 11 is 0. The molecule has 32 heavy (non-hydrogen) atoms. The van der Waals surface area contributed by atoms with E-state index in [0.29, 0.717) is 18.9 Å². The van der Waals surface area contributed by atoms with Gasteiger partial charge in [0.05, 0.1) is 18.2 Å². The van der Waals surface area contributed by atoms with E-state index in [4.69, 9.17) is 4.74 Å². The first kappa shape index (κ1) is 23.8. The summed E-state index contributed by atoms with van der Waals surface area (Å²) in [5.74, 6) is 0.993. The van der Waals surface area contributed by atoms with Crippen LogP contribution in [0.3, 0.4) is 0 Å². The number of pyridine rings is 1. The molecule has 0 unspecified atom stereocenters. The lowest BCUT2D eigenvalue weighted by Gasteiger charge is -2.39. The van der Waals surface area contributed by atoms with Crippen LogP contribution in [0, 0.1) is 5.92 Å². The Morgan fingerprint density at radius 3 is 2.62 bits per heavy atom. The number of aromatic nitrogens is 1. The summed E-state index contributed by atoms with van der Waals surface area (Å²) in [5.41, 5.74) is 1.97. The number of hydrogen-bond donors (Lipinski definition) is 1. The van der Waals surface area contributed by atoms with Gasteiger partial charge in [-0.3, -0.25) is 19.4 Å². The van der Waals surface area contributed by atoms with Crippen molar-refractivity contribution in [1.29, 1.82) is 0 Å². The largest absolute Gasteiger partial charge is 0.473 e. The number of nitrogens with one attached hydrogen (secondary N) is 1. The van der Waals surface area contributed by atoms with Crippen LogP contribution in [0.4, 0.5) is 11.5 Å². The quantitative estimate of drug-likeness (QED) is 0.469. The van der Waals surface area contributed by atoms with Gasteiger partial charge < -0.3 is 15.0 Å². The van der Waals surface area contributed by atoms with E-state index in [1.165, 1.54) is 6.26 Å². The fourth-order valence-electron chi connectivity index (χ4n) is 4.62. The second-order valence-corrected chi connectivity index (χ2v) is 8.51. The molecule has 174 valence electrons. The van der Waals surface area contributed by atoms with Gasteiger partial charge in [-0.05, 0) is 63.4 Å². The zero-order valence-electron chi connectivity index (χ0n) is 19.2. The molecule has 1 aromatic heterocycles. The molecule has 0 aliphatic carbocycles. The molecule has 8 nitrogen and oxygen atoms in total. The van der Waals surface area contributed by atoms with Crippen molar-refractivity contribution in [2.24, 2.45) is 5.92 Å². The summed E-state index contributed by atoms with van der Waals surface area (Å²) in [5, 5.41) is 3.10. The van der Waals surface area contributed by atoms with E-state index in [-0.39, 0.29) is 17.9 Å². The Bertz CT molecular complexity index is 812. The molecular formula is C24H35N5O3. The summed E-state index contributed by atoms with van der Waals surface area (Å²) < 4.78 is 5.13. The average Bonchev–Trinajstić information content (AvgIpc) is 2.84. The van der Waals surface area contributed by atoms with Crippen LogP contribution >= 0.6 is 0 Å². The summed E-state index contributed by atoms with van der Waals surface area (Å²) in [7, 11) is 1.82. The number of piperidine rings is 2. The molecule has 1 aromatic rings. The van der Waals surface area contributed by atoms with Gasteiger partial charge >= 0.3 is 0 Å². The molecule has 3 rings (SSSR count). The highest BCUT2D eigenvalue weighted by Crippen LogP contribution is 2.28. The van der Waals surface area contributed by atoms with Crippen molar-refractivity contribution in [3.63, 3.8) is 0 Å². The molecule has 2 fully saturated rings. The van der Waals surface area contributed by atoms with Crippen molar-refractivity contribution in [2.75, 3.05) is 50.0 Å². The maximum absolute atomic E-state index is 13.1. The van der Waals surface area contributed by atoms with E-state index in [2.05, 4.69) is 21.8 Å². The highest BCUT2D eigenvalue weighted by Gasteiger charge is 2.33. The van der Waals surface area contributed by atoms with Crippen LogP contribution in [0.25, 0.3) is 0 Å². The standard InChI is InChI=1S/C24H35N5O3/c1-4-32-17-19(2)16-27-12-7-20(8-13-27)24(31)28-14-9-21(10-15-28)29(18-30)23-22(25-3)6-5-11-26-23/h4-6,11,17-18,20-21,25H,1,7-10,12-16H2,2-3H3/b19-17+. The second kappa shape index (κ2) is 11.7. The van der Waals surface area contributed by atoms with E-state index in [1.54, 1.807) is 17.4 Å². The number of carbonyl (C=O) groups is 2. The highest BCUT2D eigenvalue weighted by molar-refractivity contribution is 5.82. The lowest BCUT2D eigenvalue weighted by atomic mass is 9.93. The van der Waals surface area contributed by atoms with Crippen molar-refractivity contribution in [1.82, 2.24) is 14.8 Å². The number of anilines is 2. The fraction of sp³-hybridized carbons (Fsp3) is 0.542. The predicted molar refractivity (Wildman–Crippen MR) is 126 cm³/mol. The maximum Gasteiger partial charge on any atom is 0.225 e. The van der Waals surface area contributed by atoms with Crippen LogP contribution in [-0.4, -0.2) is 72.9 Å². The Kier molecular flexibility index (Phi) is 8.67. The highest BCUT2D eigenvalue weighted by atomic mass is 16.5. The minimum atomic E-state index is 0.0490. The third kappa shape index (κ3) is 5.88. The van der Waals surface area contributed by atoms with Gasteiger partial charge in [0.2, 0.25) is 12.3 Å². The van der Waals surface area contributed by atoms with Gasteiger partial charge in [-0.1, -0.05) is 6.58 Å². The van der Waals surface area contributed by atoms with Gasteiger partial charge in [0, 0.05) is 44.8 Å². The van der Waals surface area contributed by atoms with Gasteiger partial charge in [0.25, 0.3) is 0 Å². The molecule has 0 saturated carbocycles. The zero-order chi connectivity index (χ0) is 22.9. The molecule has 0 aromatic carbocycles. The monoisotopic (exact) mass is 441 g/mol. The van der Waals surface area contributed by atoms with E-state index in [0.717, 1.165) is 63.0 Å². The molecule has 2 aliphatic heterocycles. The summed E-state index contributed by atoms with van der Waals surface area (Å²) in [6, 6.07) is 3.80. The van der Waals surface area contributed by atoms with Gasteiger partial charge in [0.15, 0.2) is 5.82 Å². The normalized spacial score (nSPS) is 18.8. The van der Waals surface area contributed by atoms with E-state index >= 15 is 0 Å². The molecule has 0 bridgehead atoms. The minimum Gasteiger partial charge on any atom is -0.473 e. The number of ether oxygens (including phenoxy) is 1. The third-order valence-corrected chi connectivity index (χ3v) is 6.36. The Hall–Kier alpha value is -2.87. The van der Waals surface area contributed by atoms with Crippen LogP contribution in [0.2, 0.25) is 0 Å². The lowest BCUT2D eigenvalue weighted by molar-refractivity contribution is -0.138. The van der Waals surface area contributed by atoms with Gasteiger partial charge in [0.1, 0.15) is 0 Å². The molecule has 0 radical (unpaired) electrons. The van der Waals surface area contributed by atoms with E-state index in [1.807, 2.05) is 31.0 Å². The number of carbonyl (C=O) groups excluding carboxylic acids is 2. The fourth-order valence-corrected chi connectivity index (χ4v) is 4.62. The molecular weight excluding hydrogens is 406 g/mol. The first-order chi connectivity index (χ1) is 15.6. The predicted octanol–water partition coefficient (Wildman–Crippen LogP) is 2.85. The molecule has 0 spiro atoms. The van der Waals surface area contributed by atoms with Crippen molar-refractivity contribution in [3.05, 3.63) is 43.0 Å². The summed E-state index contributed by atoms with van der Waals surface area (Å²) in [6.45, 7) is 9.62. The molecule has 2 aliphatic rings. The molecule has 1 N–H and O–H groups in total. The zero-order valence-corrected chi connectivity index (χ0v) is 19.2. The van der Waals surface area contributed by atoms with Gasteiger partial charge in [-0.15, -0.1) is 0 Å². The number of hydrogen-bond acceptors (Lipinski definition) is 6. The van der Waals surface area contributed by atoms with Crippen molar-refractivity contribution in [2.45, 2.75) is 38.6 Å². The summed E-state index contributed by atoms with van der Waals surface area (Å²) in [6.07, 6.45) is 8.98. The Labute approximate surface area is 190 Å². The Morgan fingerprint density at radius 1 is 1.28 bits per heavy atom. The van der Waals surface area contributed by atoms with Crippen LogP contribution in [0.5, 0.6) is 0 Å². The van der Waals surface area contributed by atoms with Crippen molar-refractivity contribution >= 4 is 23.8 Å². The molecule has 2 saturated heterocycles. The van der Waals surface area contributed by atoms with Gasteiger partial charge in [-0.25, -0.2) is 4.98 Å². The lowest BCUT2D eigenvalue weighted by Crippen LogP contribution is -2.49. The summed E-state index contributed by atoms with van der Waals surface area (Å²) in [4.78, 5) is 35.4. The number of likely N-dealkylation sites (tertiary alicyclic amines) is 2. The first-order valence-electron chi connectivity index (χ1n) is 11.4. The third-order valence-electron chi connectivity index (χ3n) is 6.36. The number of nitrogens with zero attached hydrogens (tertiary/aromatic N) is 4. The van der Waals surface area contributed by atoms with E-state index in [9.17, 15) is 9.59 Å². The maximum atomic E-state index is 13.1. The first-order valence-corrected chi connectivity index (χ1v) is 11.4. The molecule has 0 atom stereocenters. The van der Waals surface area contributed by atoms with Crippen LogP contribution in [0.15, 0.2) is 43.0 Å². The molecule has 3 heterocycles. The minimum absolute atomic E-state index is 0.0490. The Morgan fingerprint density at radius 2 is 2.00 bits per heavy atom. The van der Waals surface area contributed by atoms with Crippen molar-refractivity contribution in [3.8, 4) is 0 Å². The SMILES string of the molecule is C=CO/C=C(\C)CN1CCC(C(=O)N2CCC(N(C=O)c3ncccc3NC)CC2)CC1. The van der Waals surface area contributed by atoms with E-state index < -0.39 is 0 Å². The van der Waals surface area contributed by atoms with Crippen LogP contribution in [-0.2, 0) is 14.3 Å². The number of amides is 2. The number of rotatable bonds is 9. The average molecular weight is 442 g/mol.